The van der Waals surface area contributed by atoms with Gasteiger partial charge in [-0.1, -0.05) is 13.8 Å². The van der Waals surface area contributed by atoms with E-state index in [-0.39, 0.29) is 29.4 Å². The van der Waals surface area contributed by atoms with Crippen LogP contribution in [-0.2, 0) is 4.79 Å². The molecule has 0 radical (unpaired) electrons. The molecule has 2 N–H and O–H groups in total. The molecule has 0 fully saturated rings. The minimum Gasteiger partial charge on any atom is -0.504 e. The standard InChI is InChI=1S/C12H19N3O2/c1-8(2)10(15(3)4)12(17)14-11-9(16)6-5-7-13-11/h5-8,10,16H,1-4H3,(H,13,14,17). The third-order valence-corrected chi connectivity index (χ3v) is 2.48. The van der Waals surface area contributed by atoms with Crippen molar-refractivity contribution < 1.29 is 9.90 Å². The van der Waals surface area contributed by atoms with Crippen LogP contribution in [0.3, 0.4) is 0 Å². The Bertz CT molecular complexity index is 383. The van der Waals surface area contributed by atoms with Gasteiger partial charge in [0.1, 0.15) is 0 Å². The molecule has 1 rings (SSSR count). The number of carbonyl (C=O) groups excluding carboxylic acids is 1. The zero-order valence-electron chi connectivity index (χ0n) is 10.6. The van der Waals surface area contributed by atoms with Gasteiger partial charge < -0.3 is 10.4 Å². The highest BCUT2D eigenvalue weighted by molar-refractivity contribution is 5.95. The molecule has 0 aliphatic heterocycles. The number of carbonyl (C=O) groups is 1. The largest absolute Gasteiger partial charge is 0.504 e. The van der Waals surface area contributed by atoms with E-state index < -0.39 is 0 Å². The SMILES string of the molecule is CC(C)C(C(=O)Nc1ncccc1O)N(C)C. The quantitative estimate of drug-likeness (QED) is 0.828. The van der Waals surface area contributed by atoms with Crippen molar-refractivity contribution in [3.8, 4) is 5.75 Å². The molecule has 1 heterocycles. The van der Waals surface area contributed by atoms with Crippen LogP contribution in [0.1, 0.15) is 13.8 Å². The molecule has 0 saturated heterocycles. The van der Waals surface area contributed by atoms with E-state index in [0.717, 1.165) is 0 Å². The van der Waals surface area contributed by atoms with E-state index in [9.17, 15) is 9.90 Å². The summed E-state index contributed by atoms with van der Waals surface area (Å²) in [6.45, 7) is 3.95. The molecule has 0 aliphatic rings. The van der Waals surface area contributed by atoms with E-state index in [4.69, 9.17) is 0 Å². The summed E-state index contributed by atoms with van der Waals surface area (Å²) in [7, 11) is 3.70. The zero-order valence-corrected chi connectivity index (χ0v) is 10.6. The number of nitrogens with zero attached hydrogens (tertiary/aromatic N) is 2. The van der Waals surface area contributed by atoms with Crippen LogP contribution in [0.4, 0.5) is 5.82 Å². The van der Waals surface area contributed by atoms with Gasteiger partial charge in [-0.05, 0) is 32.1 Å². The van der Waals surface area contributed by atoms with Crippen molar-refractivity contribution in [3.05, 3.63) is 18.3 Å². The number of amides is 1. The summed E-state index contributed by atoms with van der Waals surface area (Å²) in [6.07, 6.45) is 1.52. The fraction of sp³-hybridized carbons (Fsp3) is 0.500. The maximum atomic E-state index is 12.0. The molecule has 0 spiro atoms. The fourth-order valence-electron chi connectivity index (χ4n) is 1.82. The molecule has 1 unspecified atom stereocenters. The van der Waals surface area contributed by atoms with Crippen LogP contribution >= 0.6 is 0 Å². The number of aromatic nitrogens is 1. The van der Waals surface area contributed by atoms with Gasteiger partial charge in [-0.2, -0.15) is 0 Å². The van der Waals surface area contributed by atoms with Crippen molar-refractivity contribution in [1.82, 2.24) is 9.88 Å². The third kappa shape index (κ3) is 3.42. The summed E-state index contributed by atoms with van der Waals surface area (Å²) >= 11 is 0. The van der Waals surface area contributed by atoms with Crippen LogP contribution in [0.2, 0.25) is 0 Å². The molecule has 0 aliphatic carbocycles. The predicted molar refractivity (Wildman–Crippen MR) is 66.8 cm³/mol. The Morgan fingerprint density at radius 2 is 2.12 bits per heavy atom. The van der Waals surface area contributed by atoms with Gasteiger partial charge in [0.2, 0.25) is 5.91 Å². The van der Waals surface area contributed by atoms with E-state index in [1.807, 2.05) is 32.8 Å². The average molecular weight is 237 g/mol. The molecular weight excluding hydrogens is 218 g/mol. The first-order chi connectivity index (χ1) is 7.93. The van der Waals surface area contributed by atoms with Crippen LogP contribution in [0.15, 0.2) is 18.3 Å². The van der Waals surface area contributed by atoms with Crippen LogP contribution in [0.25, 0.3) is 0 Å². The van der Waals surface area contributed by atoms with Gasteiger partial charge in [0.15, 0.2) is 11.6 Å². The lowest BCUT2D eigenvalue weighted by Gasteiger charge is -2.26. The van der Waals surface area contributed by atoms with Gasteiger partial charge >= 0.3 is 0 Å². The summed E-state index contributed by atoms with van der Waals surface area (Å²) in [4.78, 5) is 17.8. The minimum atomic E-state index is -0.253. The Kier molecular flexibility index (Phi) is 4.45. The topological polar surface area (TPSA) is 65.5 Å². The van der Waals surface area contributed by atoms with E-state index in [1.54, 1.807) is 6.07 Å². The van der Waals surface area contributed by atoms with Crippen molar-refractivity contribution in [2.45, 2.75) is 19.9 Å². The Labute approximate surface area is 101 Å². The van der Waals surface area contributed by atoms with Gasteiger partial charge in [0.25, 0.3) is 0 Å². The monoisotopic (exact) mass is 237 g/mol. The van der Waals surface area contributed by atoms with Gasteiger partial charge in [-0.25, -0.2) is 4.98 Å². The average Bonchev–Trinajstić information content (AvgIpc) is 2.20. The number of likely N-dealkylation sites (N-methyl/N-ethyl adjacent to an activating group) is 1. The first-order valence-electron chi connectivity index (χ1n) is 5.54. The molecule has 5 heteroatoms. The van der Waals surface area contributed by atoms with Crippen molar-refractivity contribution in [1.29, 1.82) is 0 Å². The molecule has 17 heavy (non-hydrogen) atoms. The Balaban J connectivity index is 2.81. The van der Waals surface area contributed by atoms with Crippen LogP contribution < -0.4 is 5.32 Å². The van der Waals surface area contributed by atoms with Gasteiger partial charge in [0.05, 0.1) is 6.04 Å². The number of hydrogen-bond acceptors (Lipinski definition) is 4. The highest BCUT2D eigenvalue weighted by atomic mass is 16.3. The smallest absolute Gasteiger partial charge is 0.243 e. The summed E-state index contributed by atoms with van der Waals surface area (Å²) in [6, 6.07) is 2.84. The summed E-state index contributed by atoms with van der Waals surface area (Å²) < 4.78 is 0. The molecule has 0 bridgehead atoms. The van der Waals surface area contributed by atoms with E-state index >= 15 is 0 Å². The number of rotatable bonds is 4. The molecule has 1 aromatic heterocycles. The number of pyridine rings is 1. The fourth-order valence-corrected chi connectivity index (χ4v) is 1.82. The highest BCUT2D eigenvalue weighted by Crippen LogP contribution is 2.19. The van der Waals surface area contributed by atoms with Gasteiger partial charge in [0, 0.05) is 6.20 Å². The number of anilines is 1. The molecule has 1 amide bonds. The van der Waals surface area contributed by atoms with Crippen molar-refractivity contribution in [3.63, 3.8) is 0 Å². The normalized spacial score (nSPS) is 12.8. The zero-order chi connectivity index (χ0) is 13.0. The van der Waals surface area contributed by atoms with E-state index in [1.165, 1.54) is 12.3 Å². The second kappa shape index (κ2) is 5.63. The number of hydrogen-bond donors (Lipinski definition) is 2. The third-order valence-electron chi connectivity index (χ3n) is 2.48. The maximum Gasteiger partial charge on any atom is 0.243 e. The number of aromatic hydroxyl groups is 1. The molecule has 1 aromatic rings. The lowest BCUT2D eigenvalue weighted by Crippen LogP contribution is -2.43. The van der Waals surface area contributed by atoms with Crippen molar-refractivity contribution >= 4 is 11.7 Å². The maximum absolute atomic E-state index is 12.0. The van der Waals surface area contributed by atoms with Crippen molar-refractivity contribution in [2.75, 3.05) is 19.4 Å². The molecule has 0 saturated carbocycles. The first-order valence-corrected chi connectivity index (χ1v) is 5.54. The Morgan fingerprint density at radius 3 is 2.59 bits per heavy atom. The highest BCUT2D eigenvalue weighted by Gasteiger charge is 2.25. The lowest BCUT2D eigenvalue weighted by molar-refractivity contribution is -0.121. The second-order valence-electron chi connectivity index (χ2n) is 4.51. The van der Waals surface area contributed by atoms with Crippen LogP contribution in [-0.4, -0.2) is 41.0 Å². The van der Waals surface area contributed by atoms with E-state index in [2.05, 4.69) is 10.3 Å². The predicted octanol–water partition coefficient (Wildman–Crippen LogP) is 1.31. The first kappa shape index (κ1) is 13.4. The minimum absolute atomic E-state index is 0.0258. The summed E-state index contributed by atoms with van der Waals surface area (Å²) in [5.41, 5.74) is 0. The molecule has 1 atom stereocenters. The summed E-state index contributed by atoms with van der Waals surface area (Å²) in [5, 5.41) is 12.2. The van der Waals surface area contributed by atoms with Crippen molar-refractivity contribution in [2.24, 2.45) is 5.92 Å². The molecular formula is C12H19N3O2. The van der Waals surface area contributed by atoms with Crippen LogP contribution in [0.5, 0.6) is 5.75 Å². The van der Waals surface area contributed by atoms with Crippen LogP contribution in [0, 0.1) is 5.92 Å². The van der Waals surface area contributed by atoms with E-state index in [0.29, 0.717) is 0 Å². The van der Waals surface area contributed by atoms with Gasteiger partial charge in [-0.3, -0.25) is 9.69 Å². The Morgan fingerprint density at radius 1 is 1.47 bits per heavy atom. The molecule has 5 nitrogen and oxygen atoms in total. The van der Waals surface area contributed by atoms with Gasteiger partial charge in [-0.15, -0.1) is 0 Å². The summed E-state index contributed by atoms with van der Waals surface area (Å²) in [5.74, 6) is 0.182. The Hall–Kier alpha value is -1.62. The molecule has 0 aromatic carbocycles. The molecule has 94 valence electrons. The number of nitrogens with one attached hydrogen (secondary N) is 1. The second-order valence-corrected chi connectivity index (χ2v) is 4.51. The lowest BCUT2D eigenvalue weighted by atomic mass is 10.0.